The van der Waals surface area contributed by atoms with Crippen LogP contribution in [0.3, 0.4) is 0 Å². The van der Waals surface area contributed by atoms with Crippen molar-refractivity contribution in [1.29, 1.82) is 0 Å². The topological polar surface area (TPSA) is 59.6 Å². The van der Waals surface area contributed by atoms with Gasteiger partial charge in [-0.05, 0) is 47.7 Å². The Labute approximate surface area is 155 Å². The lowest BCUT2D eigenvalue weighted by Gasteiger charge is -2.19. The highest BCUT2D eigenvalue weighted by molar-refractivity contribution is 5.91. The lowest BCUT2D eigenvalue weighted by Crippen LogP contribution is -2.32. The molecule has 140 valence electrons. The van der Waals surface area contributed by atoms with Crippen LogP contribution >= 0.6 is 0 Å². The molecule has 0 aliphatic carbocycles. The quantitative estimate of drug-likeness (QED) is 0.749. The van der Waals surface area contributed by atoms with Gasteiger partial charge in [-0.3, -0.25) is 0 Å². The highest BCUT2D eigenvalue weighted by atomic mass is 16.5. The van der Waals surface area contributed by atoms with Gasteiger partial charge in [0.1, 0.15) is 18.1 Å². The fourth-order valence-corrected chi connectivity index (χ4v) is 2.47. The molecule has 2 aromatic rings. The molecule has 2 rings (SSSR count). The van der Waals surface area contributed by atoms with Gasteiger partial charge in [0.05, 0.1) is 19.3 Å². The van der Waals surface area contributed by atoms with E-state index in [2.05, 4.69) is 37.5 Å². The lowest BCUT2D eigenvalue weighted by molar-refractivity contribution is 0.247. The maximum absolute atomic E-state index is 12.1. The summed E-state index contributed by atoms with van der Waals surface area (Å²) in [5.41, 5.74) is 2.98. The van der Waals surface area contributed by atoms with Crippen LogP contribution in [0.15, 0.2) is 42.5 Å². The second-order valence-corrected chi connectivity index (χ2v) is 7.21. The maximum atomic E-state index is 12.1. The SMILES string of the molecule is COc1ccc(C)cc1NC(=O)NCCOc1cccc(C(C)(C)C)c1. The number of ether oxygens (including phenoxy) is 2. The molecule has 0 saturated heterocycles. The first-order valence-electron chi connectivity index (χ1n) is 8.72. The Hall–Kier alpha value is -2.69. The number of urea groups is 1. The third kappa shape index (κ3) is 5.69. The van der Waals surface area contributed by atoms with Gasteiger partial charge in [-0.25, -0.2) is 4.79 Å². The molecule has 2 aromatic carbocycles. The second-order valence-electron chi connectivity index (χ2n) is 7.21. The van der Waals surface area contributed by atoms with Crippen LogP contribution in [0, 0.1) is 6.92 Å². The molecule has 26 heavy (non-hydrogen) atoms. The molecule has 0 bridgehead atoms. The summed E-state index contributed by atoms with van der Waals surface area (Å²) in [6.45, 7) is 9.25. The summed E-state index contributed by atoms with van der Waals surface area (Å²) in [5, 5.41) is 5.59. The molecule has 0 aliphatic heterocycles. The van der Waals surface area contributed by atoms with Crippen molar-refractivity contribution in [3.05, 3.63) is 53.6 Å². The zero-order chi connectivity index (χ0) is 19.2. The van der Waals surface area contributed by atoms with Crippen LogP contribution in [0.5, 0.6) is 11.5 Å². The van der Waals surface area contributed by atoms with Crippen LogP contribution in [0.1, 0.15) is 31.9 Å². The first-order chi connectivity index (χ1) is 12.3. The summed E-state index contributed by atoms with van der Waals surface area (Å²) in [6.07, 6.45) is 0. The Kier molecular flexibility index (Phi) is 6.50. The van der Waals surface area contributed by atoms with Crippen LogP contribution in [-0.4, -0.2) is 26.3 Å². The number of carbonyl (C=O) groups is 1. The van der Waals surface area contributed by atoms with Crippen molar-refractivity contribution >= 4 is 11.7 Å². The minimum atomic E-state index is -0.291. The third-order valence-electron chi connectivity index (χ3n) is 3.96. The molecule has 5 heteroatoms. The number of anilines is 1. The van der Waals surface area contributed by atoms with E-state index in [-0.39, 0.29) is 11.4 Å². The molecule has 0 unspecified atom stereocenters. The number of aryl methyl sites for hydroxylation is 1. The Morgan fingerprint density at radius 3 is 2.58 bits per heavy atom. The Balaban J connectivity index is 1.82. The summed E-state index contributed by atoms with van der Waals surface area (Å²) in [4.78, 5) is 12.1. The minimum Gasteiger partial charge on any atom is -0.495 e. The van der Waals surface area contributed by atoms with E-state index in [1.807, 2.05) is 43.3 Å². The molecule has 0 atom stereocenters. The van der Waals surface area contributed by atoms with Gasteiger partial charge >= 0.3 is 6.03 Å². The highest BCUT2D eigenvalue weighted by Gasteiger charge is 2.14. The van der Waals surface area contributed by atoms with Crippen molar-refractivity contribution in [2.45, 2.75) is 33.1 Å². The van der Waals surface area contributed by atoms with Crippen molar-refractivity contribution in [2.24, 2.45) is 0 Å². The number of methoxy groups -OCH3 is 1. The normalized spacial score (nSPS) is 11.0. The van der Waals surface area contributed by atoms with Gasteiger partial charge in [-0.1, -0.05) is 39.0 Å². The molecule has 2 N–H and O–H groups in total. The van der Waals surface area contributed by atoms with E-state index in [4.69, 9.17) is 9.47 Å². The van der Waals surface area contributed by atoms with Gasteiger partial charge in [0, 0.05) is 0 Å². The zero-order valence-electron chi connectivity index (χ0n) is 16.2. The third-order valence-corrected chi connectivity index (χ3v) is 3.96. The van der Waals surface area contributed by atoms with Crippen molar-refractivity contribution in [1.82, 2.24) is 5.32 Å². The van der Waals surface area contributed by atoms with Crippen LogP contribution in [0.4, 0.5) is 10.5 Å². The van der Waals surface area contributed by atoms with E-state index >= 15 is 0 Å². The summed E-state index contributed by atoms with van der Waals surface area (Å²) in [5.74, 6) is 1.43. The molecule has 0 radical (unpaired) electrons. The summed E-state index contributed by atoms with van der Waals surface area (Å²) < 4.78 is 11.0. The molecule has 0 heterocycles. The van der Waals surface area contributed by atoms with E-state index in [1.54, 1.807) is 7.11 Å². The molecule has 5 nitrogen and oxygen atoms in total. The van der Waals surface area contributed by atoms with Crippen molar-refractivity contribution in [3.63, 3.8) is 0 Å². The molecular formula is C21H28N2O3. The maximum Gasteiger partial charge on any atom is 0.319 e. The highest BCUT2D eigenvalue weighted by Crippen LogP contribution is 2.26. The van der Waals surface area contributed by atoms with Crippen molar-refractivity contribution < 1.29 is 14.3 Å². The first kappa shape index (κ1) is 19.6. The van der Waals surface area contributed by atoms with Crippen molar-refractivity contribution in [2.75, 3.05) is 25.6 Å². The van der Waals surface area contributed by atoms with Crippen LogP contribution in [0.25, 0.3) is 0 Å². The number of benzene rings is 2. The Morgan fingerprint density at radius 1 is 1.12 bits per heavy atom. The van der Waals surface area contributed by atoms with E-state index in [1.165, 1.54) is 5.56 Å². The number of nitrogens with one attached hydrogen (secondary N) is 2. The number of hydrogen-bond donors (Lipinski definition) is 2. The first-order valence-corrected chi connectivity index (χ1v) is 8.72. The van der Waals surface area contributed by atoms with Gasteiger partial charge in [0.25, 0.3) is 0 Å². The smallest absolute Gasteiger partial charge is 0.319 e. The minimum absolute atomic E-state index is 0.0738. The monoisotopic (exact) mass is 356 g/mol. The van der Waals surface area contributed by atoms with E-state index in [0.717, 1.165) is 11.3 Å². The summed E-state index contributed by atoms with van der Waals surface area (Å²) in [7, 11) is 1.58. The molecule has 0 saturated carbocycles. The van der Waals surface area contributed by atoms with E-state index in [9.17, 15) is 4.79 Å². The lowest BCUT2D eigenvalue weighted by atomic mass is 9.87. The average Bonchev–Trinajstić information content (AvgIpc) is 2.58. The van der Waals surface area contributed by atoms with Gasteiger partial charge in [0.15, 0.2) is 0 Å². The average molecular weight is 356 g/mol. The van der Waals surface area contributed by atoms with Crippen LogP contribution < -0.4 is 20.1 Å². The fourth-order valence-electron chi connectivity index (χ4n) is 2.47. The predicted octanol–water partition coefficient (Wildman–Crippen LogP) is 4.50. The summed E-state index contributed by atoms with van der Waals surface area (Å²) >= 11 is 0. The fraction of sp³-hybridized carbons (Fsp3) is 0.381. The van der Waals surface area contributed by atoms with Crippen molar-refractivity contribution in [3.8, 4) is 11.5 Å². The van der Waals surface area contributed by atoms with Crippen LogP contribution in [-0.2, 0) is 5.41 Å². The largest absolute Gasteiger partial charge is 0.495 e. The number of carbonyl (C=O) groups excluding carboxylic acids is 1. The Bertz CT molecular complexity index is 751. The van der Waals surface area contributed by atoms with Gasteiger partial charge in [0.2, 0.25) is 0 Å². The number of amides is 2. The van der Waals surface area contributed by atoms with Crippen LogP contribution in [0.2, 0.25) is 0 Å². The predicted molar refractivity (Wildman–Crippen MR) is 105 cm³/mol. The molecular weight excluding hydrogens is 328 g/mol. The molecule has 0 aliphatic rings. The molecule has 0 aromatic heterocycles. The molecule has 0 spiro atoms. The van der Waals surface area contributed by atoms with Gasteiger partial charge in [-0.15, -0.1) is 0 Å². The zero-order valence-corrected chi connectivity index (χ0v) is 16.2. The summed E-state index contributed by atoms with van der Waals surface area (Å²) in [6, 6.07) is 13.4. The molecule has 2 amide bonds. The number of hydrogen-bond acceptors (Lipinski definition) is 3. The Morgan fingerprint density at radius 2 is 1.88 bits per heavy atom. The molecule has 0 fully saturated rings. The van der Waals surface area contributed by atoms with E-state index in [0.29, 0.717) is 24.6 Å². The second kappa shape index (κ2) is 8.61. The standard InChI is InChI=1S/C21H28N2O3/c1-15-9-10-19(25-5)18(13-15)23-20(24)22-11-12-26-17-8-6-7-16(14-17)21(2,3)4/h6-10,13-14H,11-12H2,1-5H3,(H2,22,23,24). The van der Waals surface area contributed by atoms with Gasteiger partial charge < -0.3 is 20.1 Å². The number of rotatable bonds is 6. The van der Waals surface area contributed by atoms with E-state index < -0.39 is 0 Å². The van der Waals surface area contributed by atoms with Gasteiger partial charge in [-0.2, -0.15) is 0 Å².